The highest BCUT2D eigenvalue weighted by molar-refractivity contribution is 7.13. The van der Waals surface area contributed by atoms with Crippen molar-refractivity contribution in [2.45, 2.75) is 19.3 Å². The van der Waals surface area contributed by atoms with Gasteiger partial charge in [-0.25, -0.2) is 13.8 Å². The van der Waals surface area contributed by atoms with Crippen LogP contribution in [-0.4, -0.2) is 16.1 Å². The molecule has 0 unspecified atom stereocenters. The molecule has 0 saturated heterocycles. The third kappa shape index (κ3) is 2.49. The fraction of sp³-hybridized carbons (Fsp3) is 0.231. The molecule has 2 aromatic rings. The summed E-state index contributed by atoms with van der Waals surface area (Å²) in [6, 6.07) is 3.21. The van der Waals surface area contributed by atoms with Crippen LogP contribution in [-0.2, 0) is 10.2 Å². The Labute approximate surface area is 112 Å². The lowest BCUT2D eigenvalue weighted by molar-refractivity contribution is -0.142. The summed E-state index contributed by atoms with van der Waals surface area (Å²) in [7, 11) is 0. The summed E-state index contributed by atoms with van der Waals surface area (Å²) in [6.45, 7) is 3.05. The standard InChI is InChI=1S/C13H11F2NO2S/c1-13(2,12(17)18)10-6-19-11(16-10)8-4-3-7(14)5-9(8)15/h3-6H,1-2H3,(H,17,18). The van der Waals surface area contributed by atoms with E-state index in [1.54, 1.807) is 5.38 Å². The molecule has 1 heterocycles. The number of rotatable bonds is 3. The van der Waals surface area contributed by atoms with Gasteiger partial charge in [0.15, 0.2) is 0 Å². The first-order chi connectivity index (χ1) is 8.82. The van der Waals surface area contributed by atoms with Gasteiger partial charge in [-0.2, -0.15) is 0 Å². The highest BCUT2D eigenvalue weighted by Gasteiger charge is 2.32. The maximum Gasteiger partial charge on any atom is 0.315 e. The fourth-order valence-corrected chi connectivity index (χ4v) is 2.47. The first kappa shape index (κ1) is 13.6. The van der Waals surface area contributed by atoms with Crippen LogP contribution in [0, 0.1) is 11.6 Å². The lowest BCUT2D eigenvalue weighted by atomic mass is 9.90. The predicted octanol–water partition coefficient (Wildman–Crippen LogP) is 3.45. The Morgan fingerprint density at radius 1 is 1.37 bits per heavy atom. The maximum absolute atomic E-state index is 13.6. The van der Waals surface area contributed by atoms with E-state index in [-0.39, 0.29) is 5.56 Å². The zero-order valence-electron chi connectivity index (χ0n) is 10.3. The summed E-state index contributed by atoms with van der Waals surface area (Å²) in [5, 5.41) is 11.0. The van der Waals surface area contributed by atoms with Crippen molar-refractivity contribution in [2.75, 3.05) is 0 Å². The Morgan fingerprint density at radius 3 is 2.63 bits per heavy atom. The van der Waals surface area contributed by atoms with Crippen molar-refractivity contribution in [3.63, 3.8) is 0 Å². The van der Waals surface area contributed by atoms with Crippen molar-refractivity contribution in [1.82, 2.24) is 4.98 Å². The number of carbonyl (C=O) groups is 1. The van der Waals surface area contributed by atoms with Crippen molar-refractivity contribution in [3.05, 3.63) is 40.9 Å². The van der Waals surface area contributed by atoms with Gasteiger partial charge >= 0.3 is 5.97 Å². The molecule has 0 radical (unpaired) electrons. The third-order valence-electron chi connectivity index (χ3n) is 2.84. The van der Waals surface area contributed by atoms with E-state index in [0.717, 1.165) is 23.5 Å². The summed E-state index contributed by atoms with van der Waals surface area (Å²) >= 11 is 1.13. The quantitative estimate of drug-likeness (QED) is 0.938. The first-order valence-electron chi connectivity index (χ1n) is 5.47. The fourth-order valence-electron chi connectivity index (χ4n) is 1.46. The van der Waals surface area contributed by atoms with Crippen molar-refractivity contribution in [1.29, 1.82) is 0 Å². The molecule has 1 aromatic carbocycles. The SMILES string of the molecule is CC(C)(C(=O)O)c1csc(-c2ccc(F)cc2F)n1. The Morgan fingerprint density at radius 2 is 2.05 bits per heavy atom. The summed E-state index contributed by atoms with van der Waals surface area (Å²) < 4.78 is 26.4. The minimum atomic E-state index is -1.15. The monoisotopic (exact) mass is 283 g/mol. The molecule has 19 heavy (non-hydrogen) atoms. The average Bonchev–Trinajstić information content (AvgIpc) is 2.78. The van der Waals surface area contributed by atoms with Gasteiger partial charge in [-0.1, -0.05) is 0 Å². The van der Waals surface area contributed by atoms with Gasteiger partial charge in [0.1, 0.15) is 22.1 Å². The minimum Gasteiger partial charge on any atom is -0.481 e. The highest BCUT2D eigenvalue weighted by atomic mass is 32.1. The molecule has 6 heteroatoms. The first-order valence-corrected chi connectivity index (χ1v) is 6.35. The molecule has 0 amide bonds. The molecular formula is C13H11F2NO2S. The molecule has 2 rings (SSSR count). The van der Waals surface area contributed by atoms with Gasteiger partial charge < -0.3 is 5.11 Å². The molecular weight excluding hydrogens is 272 g/mol. The summed E-state index contributed by atoms with van der Waals surface area (Å²) in [6.07, 6.45) is 0. The van der Waals surface area contributed by atoms with Gasteiger partial charge in [0, 0.05) is 17.0 Å². The molecule has 100 valence electrons. The number of carboxylic acid groups (broad SMARTS) is 1. The van der Waals surface area contributed by atoms with Gasteiger partial charge in [0.2, 0.25) is 0 Å². The molecule has 0 atom stereocenters. The zero-order chi connectivity index (χ0) is 14.2. The van der Waals surface area contributed by atoms with Crippen molar-refractivity contribution in [2.24, 2.45) is 0 Å². The average molecular weight is 283 g/mol. The summed E-state index contributed by atoms with van der Waals surface area (Å²) in [4.78, 5) is 15.3. The van der Waals surface area contributed by atoms with Crippen LogP contribution in [0.15, 0.2) is 23.6 Å². The lowest BCUT2D eigenvalue weighted by Crippen LogP contribution is -2.28. The second kappa shape index (κ2) is 4.70. The Kier molecular flexibility index (Phi) is 3.36. The smallest absolute Gasteiger partial charge is 0.315 e. The molecule has 0 aliphatic rings. The largest absolute Gasteiger partial charge is 0.481 e. The van der Waals surface area contributed by atoms with Gasteiger partial charge in [-0.3, -0.25) is 4.79 Å². The molecule has 1 aromatic heterocycles. The van der Waals surface area contributed by atoms with Crippen molar-refractivity contribution < 1.29 is 18.7 Å². The van der Waals surface area contributed by atoms with Crippen molar-refractivity contribution in [3.8, 4) is 10.6 Å². The molecule has 1 N–H and O–H groups in total. The maximum atomic E-state index is 13.6. The van der Waals surface area contributed by atoms with E-state index in [1.807, 2.05) is 0 Å². The topological polar surface area (TPSA) is 50.2 Å². The van der Waals surface area contributed by atoms with Crippen molar-refractivity contribution >= 4 is 17.3 Å². The second-order valence-corrected chi connectivity index (χ2v) is 5.45. The van der Waals surface area contributed by atoms with Gasteiger partial charge in [0.05, 0.1) is 5.69 Å². The van der Waals surface area contributed by atoms with E-state index < -0.39 is 23.0 Å². The molecule has 0 aliphatic heterocycles. The van der Waals surface area contributed by atoms with E-state index in [0.29, 0.717) is 10.7 Å². The van der Waals surface area contributed by atoms with Gasteiger partial charge in [-0.15, -0.1) is 11.3 Å². The zero-order valence-corrected chi connectivity index (χ0v) is 11.1. The van der Waals surface area contributed by atoms with Crippen LogP contribution in [0.1, 0.15) is 19.5 Å². The summed E-state index contributed by atoms with van der Waals surface area (Å²) in [5.74, 6) is -2.39. The molecule has 0 aliphatic carbocycles. The lowest BCUT2D eigenvalue weighted by Gasteiger charge is -2.15. The van der Waals surface area contributed by atoms with Crippen LogP contribution >= 0.6 is 11.3 Å². The molecule has 0 saturated carbocycles. The number of nitrogens with zero attached hydrogens (tertiary/aromatic N) is 1. The third-order valence-corrected chi connectivity index (χ3v) is 3.72. The second-order valence-electron chi connectivity index (χ2n) is 4.59. The Bertz CT molecular complexity index is 637. The molecule has 3 nitrogen and oxygen atoms in total. The number of carboxylic acids is 1. The predicted molar refractivity (Wildman–Crippen MR) is 68.1 cm³/mol. The van der Waals surface area contributed by atoms with E-state index in [1.165, 1.54) is 19.9 Å². The van der Waals surface area contributed by atoms with Crippen LogP contribution in [0.4, 0.5) is 8.78 Å². The van der Waals surface area contributed by atoms with Crippen LogP contribution in [0.2, 0.25) is 0 Å². The van der Waals surface area contributed by atoms with Gasteiger partial charge in [0.25, 0.3) is 0 Å². The summed E-state index contributed by atoms with van der Waals surface area (Å²) in [5.41, 5.74) is -0.631. The number of halogens is 2. The number of thiazole rings is 1. The van der Waals surface area contributed by atoms with Crippen LogP contribution in [0.25, 0.3) is 10.6 Å². The van der Waals surface area contributed by atoms with E-state index in [9.17, 15) is 13.6 Å². The number of benzene rings is 1. The highest BCUT2D eigenvalue weighted by Crippen LogP contribution is 2.31. The molecule has 0 fully saturated rings. The van der Waals surface area contributed by atoms with E-state index in [4.69, 9.17) is 5.11 Å². The molecule has 0 spiro atoms. The Hall–Kier alpha value is -1.82. The molecule has 0 bridgehead atoms. The number of aliphatic carboxylic acids is 1. The number of aromatic nitrogens is 1. The minimum absolute atomic E-state index is 0.166. The van der Waals surface area contributed by atoms with Gasteiger partial charge in [-0.05, 0) is 26.0 Å². The van der Waals surface area contributed by atoms with E-state index >= 15 is 0 Å². The van der Waals surface area contributed by atoms with Crippen LogP contribution < -0.4 is 0 Å². The Balaban J connectivity index is 2.44. The van der Waals surface area contributed by atoms with Crippen LogP contribution in [0.3, 0.4) is 0 Å². The van der Waals surface area contributed by atoms with E-state index in [2.05, 4.69) is 4.98 Å². The van der Waals surface area contributed by atoms with Crippen LogP contribution in [0.5, 0.6) is 0 Å². The number of hydrogen-bond donors (Lipinski definition) is 1. The number of hydrogen-bond acceptors (Lipinski definition) is 3. The normalized spacial score (nSPS) is 11.6.